The molecular weight excluding hydrogens is 392 g/mol. The molecule has 1 amide bonds. The summed E-state index contributed by atoms with van der Waals surface area (Å²) < 4.78 is 7.13. The zero-order valence-corrected chi connectivity index (χ0v) is 17.2. The number of ether oxygens (including phenoxy) is 1. The van der Waals surface area contributed by atoms with Crippen LogP contribution in [0.1, 0.15) is 58.9 Å². The molecule has 8 heteroatoms. The average molecular weight is 415 g/mol. The summed E-state index contributed by atoms with van der Waals surface area (Å²) in [5.74, 6) is -0.788. The van der Waals surface area contributed by atoms with Crippen molar-refractivity contribution < 1.29 is 14.3 Å². The molecule has 0 saturated heterocycles. The van der Waals surface area contributed by atoms with Gasteiger partial charge in [0, 0.05) is 22.4 Å². The van der Waals surface area contributed by atoms with Crippen LogP contribution in [0.2, 0.25) is 5.02 Å². The van der Waals surface area contributed by atoms with Crippen LogP contribution < -0.4 is 11.1 Å². The van der Waals surface area contributed by atoms with Gasteiger partial charge in [-0.15, -0.1) is 0 Å². The number of halogens is 1. The number of nitrogens with two attached hydrogens (primary N) is 1. The predicted octanol–water partition coefficient (Wildman–Crippen LogP) is 4.12. The molecule has 1 heterocycles. The first-order valence-electron chi connectivity index (χ1n) is 9.47. The van der Waals surface area contributed by atoms with Gasteiger partial charge in [-0.1, -0.05) is 24.4 Å². The highest BCUT2D eigenvalue weighted by molar-refractivity contribution is 6.31. The largest absolute Gasteiger partial charge is 0.452 e. The van der Waals surface area contributed by atoms with Gasteiger partial charge in [-0.05, 0) is 50.5 Å². The van der Waals surface area contributed by atoms with Crippen LogP contribution in [-0.2, 0) is 9.53 Å². The molecule has 0 spiro atoms. The van der Waals surface area contributed by atoms with Gasteiger partial charge in [0.1, 0.15) is 11.9 Å². The fourth-order valence-corrected chi connectivity index (χ4v) is 3.96. The SMILES string of the molecule is Cc1c(C#N)c(NC(=O)COC(=O)c2cc(Cl)ccc2N)n(C2CCCC2)c1C. The number of nitrogens with one attached hydrogen (secondary N) is 1. The lowest BCUT2D eigenvalue weighted by atomic mass is 10.2. The van der Waals surface area contributed by atoms with Crippen molar-refractivity contribution >= 4 is 35.0 Å². The van der Waals surface area contributed by atoms with Gasteiger partial charge in [-0.3, -0.25) is 4.79 Å². The maximum absolute atomic E-state index is 12.5. The number of hydrogen-bond acceptors (Lipinski definition) is 5. The van der Waals surface area contributed by atoms with Gasteiger partial charge in [0.2, 0.25) is 0 Å². The first-order valence-corrected chi connectivity index (χ1v) is 9.84. The third-order valence-corrected chi connectivity index (χ3v) is 5.62. The highest BCUT2D eigenvalue weighted by Gasteiger charge is 2.27. The lowest BCUT2D eigenvalue weighted by Crippen LogP contribution is -2.24. The van der Waals surface area contributed by atoms with E-state index in [-0.39, 0.29) is 17.3 Å². The second-order valence-corrected chi connectivity index (χ2v) is 7.65. The molecule has 3 N–H and O–H groups in total. The quantitative estimate of drug-likeness (QED) is 0.564. The van der Waals surface area contributed by atoms with E-state index in [1.807, 2.05) is 18.4 Å². The number of nitrogen functional groups attached to an aromatic ring is 1. The number of carbonyl (C=O) groups is 2. The Kier molecular flexibility index (Phi) is 6.14. The van der Waals surface area contributed by atoms with Crippen molar-refractivity contribution in [3.8, 4) is 6.07 Å². The smallest absolute Gasteiger partial charge is 0.340 e. The Labute approximate surface area is 174 Å². The molecule has 1 saturated carbocycles. The molecule has 0 unspecified atom stereocenters. The molecule has 0 aliphatic heterocycles. The summed E-state index contributed by atoms with van der Waals surface area (Å²) in [6, 6.07) is 6.88. The van der Waals surface area contributed by atoms with Gasteiger partial charge < -0.3 is 20.4 Å². The van der Waals surface area contributed by atoms with Crippen molar-refractivity contribution in [2.75, 3.05) is 17.7 Å². The second kappa shape index (κ2) is 8.58. The number of rotatable bonds is 5. The van der Waals surface area contributed by atoms with Crippen molar-refractivity contribution in [3.05, 3.63) is 45.6 Å². The lowest BCUT2D eigenvalue weighted by molar-refractivity contribution is -0.119. The number of anilines is 2. The number of aromatic nitrogens is 1. The van der Waals surface area contributed by atoms with E-state index in [0.29, 0.717) is 16.4 Å². The molecular formula is C21H23ClN4O3. The fourth-order valence-electron chi connectivity index (χ4n) is 3.79. The predicted molar refractivity (Wildman–Crippen MR) is 111 cm³/mol. The van der Waals surface area contributed by atoms with Gasteiger partial charge in [0.05, 0.1) is 11.1 Å². The molecule has 1 aliphatic rings. The van der Waals surface area contributed by atoms with Crippen molar-refractivity contribution in [1.82, 2.24) is 4.57 Å². The van der Waals surface area contributed by atoms with Crippen molar-refractivity contribution in [1.29, 1.82) is 5.26 Å². The van der Waals surface area contributed by atoms with Crippen LogP contribution in [0, 0.1) is 25.2 Å². The minimum absolute atomic E-state index is 0.101. The van der Waals surface area contributed by atoms with E-state index in [1.165, 1.54) is 12.1 Å². The molecule has 2 aromatic rings. The summed E-state index contributed by atoms with van der Waals surface area (Å²) in [6.07, 6.45) is 4.25. The Bertz CT molecular complexity index is 1000. The van der Waals surface area contributed by atoms with Crippen LogP contribution in [-0.4, -0.2) is 23.1 Å². The fraction of sp³-hybridized carbons (Fsp3) is 0.381. The van der Waals surface area contributed by atoms with Crippen LogP contribution in [0.15, 0.2) is 18.2 Å². The summed E-state index contributed by atoms with van der Waals surface area (Å²) in [5, 5.41) is 12.7. The number of esters is 1. The van der Waals surface area contributed by atoms with Crippen LogP contribution in [0.5, 0.6) is 0 Å². The highest BCUT2D eigenvalue weighted by Crippen LogP contribution is 2.37. The molecule has 0 bridgehead atoms. The monoisotopic (exact) mass is 414 g/mol. The molecule has 7 nitrogen and oxygen atoms in total. The average Bonchev–Trinajstić information content (AvgIpc) is 3.29. The number of nitriles is 1. The summed E-state index contributed by atoms with van der Waals surface area (Å²) in [6.45, 7) is 3.33. The minimum atomic E-state index is -0.737. The third-order valence-electron chi connectivity index (χ3n) is 5.39. The molecule has 1 aliphatic carbocycles. The van der Waals surface area contributed by atoms with E-state index in [2.05, 4.69) is 11.4 Å². The molecule has 152 valence electrons. The Morgan fingerprint density at radius 1 is 1.34 bits per heavy atom. The van der Waals surface area contributed by atoms with Gasteiger partial charge in [-0.2, -0.15) is 5.26 Å². The van der Waals surface area contributed by atoms with Gasteiger partial charge >= 0.3 is 5.97 Å². The van der Waals surface area contributed by atoms with Gasteiger partial charge in [0.15, 0.2) is 6.61 Å². The first-order chi connectivity index (χ1) is 13.8. The Hall–Kier alpha value is -2.98. The van der Waals surface area contributed by atoms with E-state index in [0.717, 1.165) is 36.9 Å². The van der Waals surface area contributed by atoms with E-state index in [4.69, 9.17) is 22.1 Å². The molecule has 1 aromatic heterocycles. The number of amides is 1. The zero-order chi connectivity index (χ0) is 21.1. The van der Waals surface area contributed by atoms with E-state index < -0.39 is 18.5 Å². The number of nitrogens with zero attached hydrogens (tertiary/aromatic N) is 2. The lowest BCUT2D eigenvalue weighted by Gasteiger charge is -2.19. The van der Waals surface area contributed by atoms with Crippen LogP contribution in [0.25, 0.3) is 0 Å². The molecule has 29 heavy (non-hydrogen) atoms. The first kappa shape index (κ1) is 20.7. The van der Waals surface area contributed by atoms with Crippen LogP contribution in [0.3, 0.4) is 0 Å². The molecule has 1 aromatic carbocycles. The van der Waals surface area contributed by atoms with Gasteiger partial charge in [0.25, 0.3) is 5.91 Å². The maximum atomic E-state index is 12.5. The molecule has 0 atom stereocenters. The normalized spacial score (nSPS) is 13.9. The van der Waals surface area contributed by atoms with Crippen molar-refractivity contribution in [2.24, 2.45) is 0 Å². The zero-order valence-electron chi connectivity index (χ0n) is 16.4. The minimum Gasteiger partial charge on any atom is -0.452 e. The van der Waals surface area contributed by atoms with Crippen molar-refractivity contribution in [2.45, 2.75) is 45.6 Å². The summed E-state index contributed by atoms with van der Waals surface area (Å²) in [4.78, 5) is 24.7. The third kappa shape index (κ3) is 4.22. The number of carbonyl (C=O) groups excluding carboxylic acids is 2. The summed E-state index contributed by atoms with van der Waals surface area (Å²) in [7, 11) is 0. The highest BCUT2D eigenvalue weighted by atomic mass is 35.5. The van der Waals surface area contributed by atoms with Crippen molar-refractivity contribution in [3.63, 3.8) is 0 Å². The van der Waals surface area contributed by atoms with Crippen LogP contribution in [0.4, 0.5) is 11.5 Å². The number of benzene rings is 1. The summed E-state index contributed by atoms with van der Waals surface area (Å²) >= 11 is 5.89. The Morgan fingerprint density at radius 2 is 2.03 bits per heavy atom. The Balaban J connectivity index is 1.75. The summed E-state index contributed by atoms with van der Waals surface area (Å²) in [5.41, 5.74) is 8.33. The second-order valence-electron chi connectivity index (χ2n) is 7.21. The molecule has 0 radical (unpaired) electrons. The topological polar surface area (TPSA) is 110 Å². The standard InChI is InChI=1S/C21H23ClN4O3/c1-12-13(2)26(15-5-3-4-6-15)20(17(12)10-23)25-19(27)11-29-21(28)16-9-14(22)7-8-18(16)24/h7-9,15H,3-6,11,24H2,1-2H3,(H,25,27). The van der Waals surface area contributed by atoms with Gasteiger partial charge in [-0.25, -0.2) is 4.79 Å². The Morgan fingerprint density at radius 3 is 2.69 bits per heavy atom. The van der Waals surface area contributed by atoms with E-state index >= 15 is 0 Å². The van der Waals surface area contributed by atoms with E-state index in [1.54, 1.807) is 6.07 Å². The maximum Gasteiger partial charge on any atom is 0.340 e. The molecule has 3 rings (SSSR count). The molecule has 1 fully saturated rings. The van der Waals surface area contributed by atoms with Crippen LogP contribution >= 0.6 is 11.6 Å². The number of hydrogen-bond donors (Lipinski definition) is 2. The van der Waals surface area contributed by atoms with E-state index in [9.17, 15) is 14.9 Å².